The molecule has 0 radical (unpaired) electrons. The molecule has 0 saturated carbocycles. The number of nitrogens with zero attached hydrogens (tertiary/aromatic N) is 2. The normalized spacial score (nSPS) is 21.1. The first-order valence-electron chi connectivity index (χ1n) is 9.23. The maximum absolute atomic E-state index is 5.56. The fraction of sp³-hybridized carbons (Fsp3) is 0.700. The lowest BCUT2D eigenvalue weighted by molar-refractivity contribution is -0.0383. The van der Waals surface area contributed by atoms with E-state index in [1.807, 2.05) is 0 Å². The van der Waals surface area contributed by atoms with E-state index in [0.717, 1.165) is 37.8 Å². The van der Waals surface area contributed by atoms with E-state index in [4.69, 9.17) is 4.74 Å². The largest absolute Gasteiger partial charge is 0.381 e. The van der Waals surface area contributed by atoms with Gasteiger partial charge >= 0.3 is 0 Å². The van der Waals surface area contributed by atoms with Gasteiger partial charge < -0.3 is 4.74 Å². The number of rotatable bonds is 6. The number of hydrogen-bond acceptors (Lipinski definition) is 3. The van der Waals surface area contributed by atoms with Crippen LogP contribution in [0.4, 0.5) is 0 Å². The van der Waals surface area contributed by atoms with Gasteiger partial charge in [0.15, 0.2) is 0 Å². The minimum Gasteiger partial charge on any atom is -0.381 e. The van der Waals surface area contributed by atoms with Gasteiger partial charge in [0.05, 0.1) is 0 Å². The van der Waals surface area contributed by atoms with Crippen LogP contribution >= 0.6 is 0 Å². The Bertz CT molecular complexity index is 490. The molecule has 3 heteroatoms. The van der Waals surface area contributed by atoms with E-state index in [1.165, 1.54) is 43.6 Å². The molecule has 0 amide bonds. The molecule has 2 heterocycles. The topological polar surface area (TPSA) is 15.7 Å². The highest BCUT2D eigenvalue weighted by Crippen LogP contribution is 2.25. The van der Waals surface area contributed by atoms with E-state index in [9.17, 15) is 0 Å². The number of hydrogen-bond donors (Lipinski definition) is 0. The lowest BCUT2D eigenvalue weighted by Crippen LogP contribution is -2.62. The van der Waals surface area contributed by atoms with Crippen LogP contribution in [0.5, 0.6) is 0 Å². The summed E-state index contributed by atoms with van der Waals surface area (Å²) >= 11 is 0. The zero-order valence-corrected chi connectivity index (χ0v) is 15.0. The second-order valence-electron chi connectivity index (χ2n) is 7.77. The van der Waals surface area contributed by atoms with Gasteiger partial charge in [-0.25, -0.2) is 0 Å². The molecule has 2 aliphatic heterocycles. The van der Waals surface area contributed by atoms with Gasteiger partial charge in [-0.3, -0.25) is 9.80 Å². The van der Waals surface area contributed by atoms with Crippen molar-refractivity contribution in [3.8, 4) is 0 Å². The van der Waals surface area contributed by atoms with Crippen LogP contribution in [0.3, 0.4) is 0 Å². The lowest BCUT2D eigenvalue weighted by atomic mass is 9.97. The summed E-state index contributed by atoms with van der Waals surface area (Å²) in [5.41, 5.74) is 2.81. The third-order valence-corrected chi connectivity index (χ3v) is 5.13. The molecule has 1 aromatic carbocycles. The lowest BCUT2D eigenvalue weighted by Gasteiger charge is -2.49. The summed E-state index contributed by atoms with van der Waals surface area (Å²) in [6.45, 7) is 13.5. The molecule has 3 nitrogen and oxygen atoms in total. The molecule has 0 atom stereocenters. The molecule has 0 aromatic heterocycles. The van der Waals surface area contributed by atoms with Crippen LogP contribution in [0.1, 0.15) is 37.8 Å². The monoisotopic (exact) mass is 316 g/mol. The van der Waals surface area contributed by atoms with Crippen molar-refractivity contribution >= 4 is 0 Å². The predicted molar refractivity (Wildman–Crippen MR) is 95.6 cm³/mol. The average Bonchev–Trinajstić information content (AvgIpc) is 2.49. The van der Waals surface area contributed by atoms with Gasteiger partial charge in [0, 0.05) is 51.5 Å². The van der Waals surface area contributed by atoms with Crippen molar-refractivity contribution in [1.29, 1.82) is 0 Å². The van der Waals surface area contributed by atoms with Crippen LogP contribution in [0, 0.1) is 12.8 Å². The highest BCUT2D eigenvalue weighted by atomic mass is 16.5. The van der Waals surface area contributed by atoms with Crippen molar-refractivity contribution in [2.24, 2.45) is 5.92 Å². The van der Waals surface area contributed by atoms with Crippen molar-refractivity contribution in [3.05, 3.63) is 35.4 Å². The Labute approximate surface area is 141 Å². The Hall–Kier alpha value is -0.900. The van der Waals surface area contributed by atoms with E-state index in [0.29, 0.717) is 0 Å². The highest BCUT2D eigenvalue weighted by molar-refractivity contribution is 5.22. The van der Waals surface area contributed by atoms with Gasteiger partial charge in [0.2, 0.25) is 0 Å². The van der Waals surface area contributed by atoms with E-state index in [-0.39, 0.29) is 0 Å². The summed E-state index contributed by atoms with van der Waals surface area (Å²) in [4.78, 5) is 5.38. The molecular weight excluding hydrogens is 284 g/mol. The van der Waals surface area contributed by atoms with Gasteiger partial charge in [0.1, 0.15) is 0 Å². The minimum absolute atomic E-state index is 0.734. The summed E-state index contributed by atoms with van der Waals surface area (Å²) in [5, 5.41) is 0. The molecule has 3 rings (SSSR count). The van der Waals surface area contributed by atoms with Gasteiger partial charge in [-0.15, -0.1) is 0 Å². The minimum atomic E-state index is 0.734. The second-order valence-corrected chi connectivity index (χ2v) is 7.77. The Morgan fingerprint density at radius 1 is 1.17 bits per heavy atom. The quantitative estimate of drug-likeness (QED) is 0.801. The number of benzene rings is 1. The first kappa shape index (κ1) is 16.9. The maximum Gasteiger partial charge on any atom is 0.0480 e. The van der Waals surface area contributed by atoms with Crippen LogP contribution in [-0.4, -0.2) is 54.7 Å². The van der Waals surface area contributed by atoms with Crippen molar-refractivity contribution < 1.29 is 4.74 Å². The molecule has 0 aliphatic carbocycles. The molecule has 0 spiro atoms. The summed E-state index contributed by atoms with van der Waals surface area (Å²) in [7, 11) is 0. The Morgan fingerprint density at radius 2 is 1.91 bits per heavy atom. The highest BCUT2D eigenvalue weighted by Gasteiger charge is 2.36. The predicted octanol–water partition coefficient (Wildman–Crippen LogP) is 3.32. The van der Waals surface area contributed by atoms with Crippen LogP contribution in [-0.2, 0) is 11.3 Å². The Balaban J connectivity index is 1.54. The number of likely N-dealkylation sites (tertiary alicyclic amines) is 1. The molecule has 2 saturated heterocycles. The summed E-state index contributed by atoms with van der Waals surface area (Å²) in [6, 6.07) is 10.4. The van der Waals surface area contributed by atoms with Crippen LogP contribution in [0.2, 0.25) is 0 Å². The number of aryl methyl sites for hydroxylation is 1. The molecule has 2 aliphatic rings. The molecule has 0 unspecified atom stereocenters. The average molecular weight is 316 g/mol. The smallest absolute Gasteiger partial charge is 0.0480 e. The molecular formula is C20H32N2O. The standard InChI is InChI=1S/C20H32N2O/c1-16(2)12-22(19-7-9-23-10-8-19)20-14-21(15-20)13-18-6-4-5-17(3)11-18/h4-6,11,16,19-20H,7-10,12-15H2,1-3H3. The van der Waals surface area contributed by atoms with Crippen molar-refractivity contribution in [1.82, 2.24) is 9.80 Å². The van der Waals surface area contributed by atoms with E-state index in [2.05, 4.69) is 54.8 Å². The SMILES string of the molecule is Cc1cccc(CN2CC(N(CC(C)C)C3CCOCC3)C2)c1. The first-order chi connectivity index (χ1) is 11.1. The summed E-state index contributed by atoms with van der Waals surface area (Å²) < 4.78 is 5.56. The van der Waals surface area contributed by atoms with Gasteiger partial charge in [-0.05, 0) is 31.2 Å². The fourth-order valence-corrected chi connectivity index (χ4v) is 3.98. The summed E-state index contributed by atoms with van der Waals surface area (Å²) in [5.74, 6) is 0.740. The van der Waals surface area contributed by atoms with Crippen LogP contribution in [0.15, 0.2) is 24.3 Å². The summed E-state index contributed by atoms with van der Waals surface area (Å²) in [6.07, 6.45) is 2.42. The van der Waals surface area contributed by atoms with Crippen molar-refractivity contribution in [2.75, 3.05) is 32.8 Å². The van der Waals surface area contributed by atoms with Gasteiger partial charge in [0.25, 0.3) is 0 Å². The van der Waals surface area contributed by atoms with E-state index < -0.39 is 0 Å². The van der Waals surface area contributed by atoms with Crippen molar-refractivity contribution in [3.63, 3.8) is 0 Å². The van der Waals surface area contributed by atoms with Crippen molar-refractivity contribution in [2.45, 2.75) is 52.2 Å². The van der Waals surface area contributed by atoms with Gasteiger partial charge in [-0.1, -0.05) is 43.7 Å². The number of ether oxygens (including phenoxy) is 1. The first-order valence-corrected chi connectivity index (χ1v) is 9.23. The Morgan fingerprint density at radius 3 is 2.57 bits per heavy atom. The molecule has 0 N–H and O–H groups in total. The molecule has 0 bridgehead atoms. The van der Waals surface area contributed by atoms with Gasteiger partial charge in [-0.2, -0.15) is 0 Å². The zero-order valence-electron chi connectivity index (χ0n) is 15.0. The molecule has 1 aromatic rings. The fourth-order valence-electron chi connectivity index (χ4n) is 3.98. The molecule has 23 heavy (non-hydrogen) atoms. The Kier molecular flexibility index (Phi) is 5.73. The maximum atomic E-state index is 5.56. The van der Waals surface area contributed by atoms with Crippen LogP contribution in [0.25, 0.3) is 0 Å². The van der Waals surface area contributed by atoms with E-state index in [1.54, 1.807) is 0 Å². The second kappa shape index (κ2) is 7.78. The zero-order chi connectivity index (χ0) is 16.2. The van der Waals surface area contributed by atoms with Crippen LogP contribution < -0.4 is 0 Å². The third kappa shape index (κ3) is 4.56. The molecule has 128 valence electrons. The van der Waals surface area contributed by atoms with E-state index >= 15 is 0 Å². The molecule has 2 fully saturated rings. The third-order valence-electron chi connectivity index (χ3n) is 5.13.